The summed E-state index contributed by atoms with van der Waals surface area (Å²) in [4.78, 5) is 0. The van der Waals surface area contributed by atoms with E-state index in [2.05, 4.69) is 0 Å². The number of hydrogen-bond donors (Lipinski definition) is 2. The first-order valence-corrected chi connectivity index (χ1v) is 3.14. The SMILES string of the molecule is Cc1cc(N)c(O)c(C#N)c1. The van der Waals surface area contributed by atoms with Gasteiger partial charge in [-0.2, -0.15) is 5.26 Å². The van der Waals surface area contributed by atoms with Crippen molar-refractivity contribution in [3.8, 4) is 11.8 Å². The van der Waals surface area contributed by atoms with Crippen molar-refractivity contribution in [3.05, 3.63) is 23.3 Å². The summed E-state index contributed by atoms with van der Waals surface area (Å²) in [6, 6.07) is 5.06. The maximum atomic E-state index is 9.17. The first-order chi connectivity index (χ1) is 5.15. The molecule has 0 fully saturated rings. The van der Waals surface area contributed by atoms with E-state index >= 15 is 0 Å². The second-order valence-corrected chi connectivity index (χ2v) is 2.36. The number of nitrogen functional groups attached to an aromatic ring is 1. The summed E-state index contributed by atoms with van der Waals surface area (Å²) in [6.45, 7) is 1.82. The fourth-order valence-corrected chi connectivity index (χ4v) is 0.892. The Kier molecular flexibility index (Phi) is 1.69. The Morgan fingerprint density at radius 2 is 2.18 bits per heavy atom. The third kappa shape index (κ3) is 1.24. The maximum Gasteiger partial charge on any atom is 0.156 e. The lowest BCUT2D eigenvalue weighted by Crippen LogP contribution is -1.89. The van der Waals surface area contributed by atoms with Gasteiger partial charge in [-0.1, -0.05) is 0 Å². The Hall–Kier alpha value is -1.69. The van der Waals surface area contributed by atoms with Crippen LogP contribution in [0.3, 0.4) is 0 Å². The third-order valence-electron chi connectivity index (χ3n) is 1.40. The summed E-state index contributed by atoms with van der Waals surface area (Å²) < 4.78 is 0. The van der Waals surface area contributed by atoms with Gasteiger partial charge in [-0.05, 0) is 24.6 Å². The smallest absolute Gasteiger partial charge is 0.156 e. The lowest BCUT2D eigenvalue weighted by molar-refractivity contribution is 0.476. The zero-order chi connectivity index (χ0) is 8.43. The van der Waals surface area contributed by atoms with Crippen molar-refractivity contribution in [2.75, 3.05) is 5.73 Å². The highest BCUT2D eigenvalue weighted by Gasteiger charge is 2.03. The molecule has 0 radical (unpaired) electrons. The minimum Gasteiger partial charge on any atom is -0.504 e. The summed E-state index contributed by atoms with van der Waals surface area (Å²) >= 11 is 0. The Morgan fingerprint density at radius 3 is 2.73 bits per heavy atom. The largest absolute Gasteiger partial charge is 0.504 e. The molecule has 0 aromatic heterocycles. The Balaban J connectivity index is 3.39. The molecule has 0 aliphatic heterocycles. The van der Waals surface area contributed by atoms with Gasteiger partial charge in [0, 0.05) is 0 Å². The van der Waals surface area contributed by atoms with Crippen LogP contribution in [0.1, 0.15) is 11.1 Å². The number of rotatable bonds is 0. The molecule has 56 valence electrons. The highest BCUT2D eigenvalue weighted by atomic mass is 16.3. The standard InChI is InChI=1S/C8H8N2O/c1-5-2-6(4-9)8(11)7(10)3-5/h2-3,11H,10H2,1H3. The molecular weight excluding hydrogens is 140 g/mol. The number of benzene rings is 1. The number of nitrogens with zero attached hydrogens (tertiary/aromatic N) is 1. The second kappa shape index (κ2) is 2.51. The van der Waals surface area contributed by atoms with Crippen LogP contribution in [0, 0.1) is 18.3 Å². The molecule has 0 atom stereocenters. The van der Waals surface area contributed by atoms with Crippen LogP contribution in [-0.2, 0) is 0 Å². The molecular formula is C8H8N2O. The molecule has 0 saturated heterocycles. The van der Waals surface area contributed by atoms with Crippen LogP contribution in [0.4, 0.5) is 5.69 Å². The Morgan fingerprint density at radius 1 is 1.55 bits per heavy atom. The van der Waals surface area contributed by atoms with E-state index in [-0.39, 0.29) is 17.0 Å². The van der Waals surface area contributed by atoms with Crippen LogP contribution in [-0.4, -0.2) is 5.11 Å². The monoisotopic (exact) mass is 148 g/mol. The van der Waals surface area contributed by atoms with Gasteiger partial charge >= 0.3 is 0 Å². The van der Waals surface area contributed by atoms with E-state index in [1.54, 1.807) is 12.1 Å². The summed E-state index contributed by atoms with van der Waals surface area (Å²) in [6.07, 6.45) is 0. The van der Waals surface area contributed by atoms with Gasteiger partial charge in [0.1, 0.15) is 6.07 Å². The van der Waals surface area contributed by atoms with Crippen molar-refractivity contribution >= 4 is 5.69 Å². The normalized spacial score (nSPS) is 9.09. The number of aryl methyl sites for hydroxylation is 1. The van der Waals surface area contributed by atoms with E-state index in [9.17, 15) is 5.11 Å². The summed E-state index contributed by atoms with van der Waals surface area (Å²) in [7, 11) is 0. The van der Waals surface area contributed by atoms with E-state index in [4.69, 9.17) is 11.0 Å². The van der Waals surface area contributed by atoms with Crippen LogP contribution >= 0.6 is 0 Å². The van der Waals surface area contributed by atoms with E-state index in [0.717, 1.165) is 5.56 Å². The molecule has 0 aliphatic carbocycles. The first-order valence-electron chi connectivity index (χ1n) is 3.14. The average molecular weight is 148 g/mol. The van der Waals surface area contributed by atoms with Crippen molar-refractivity contribution in [1.82, 2.24) is 0 Å². The van der Waals surface area contributed by atoms with Gasteiger partial charge in [-0.15, -0.1) is 0 Å². The highest BCUT2D eigenvalue weighted by Crippen LogP contribution is 2.25. The zero-order valence-corrected chi connectivity index (χ0v) is 6.13. The van der Waals surface area contributed by atoms with Gasteiger partial charge in [0.2, 0.25) is 0 Å². The number of anilines is 1. The van der Waals surface area contributed by atoms with E-state index < -0.39 is 0 Å². The van der Waals surface area contributed by atoms with Crippen molar-refractivity contribution in [2.24, 2.45) is 0 Å². The number of phenols is 1. The molecule has 0 saturated carbocycles. The van der Waals surface area contributed by atoms with E-state index in [1.165, 1.54) is 0 Å². The lowest BCUT2D eigenvalue weighted by atomic mass is 10.1. The molecule has 3 heteroatoms. The number of nitrogens with two attached hydrogens (primary N) is 1. The van der Waals surface area contributed by atoms with Crippen LogP contribution in [0.25, 0.3) is 0 Å². The molecule has 1 aromatic rings. The molecule has 0 amide bonds. The molecule has 0 unspecified atom stereocenters. The van der Waals surface area contributed by atoms with Gasteiger partial charge in [0.15, 0.2) is 5.75 Å². The molecule has 1 aromatic carbocycles. The van der Waals surface area contributed by atoms with Gasteiger partial charge in [-0.3, -0.25) is 0 Å². The van der Waals surface area contributed by atoms with Crippen molar-refractivity contribution in [3.63, 3.8) is 0 Å². The summed E-state index contributed by atoms with van der Waals surface area (Å²) in [5, 5.41) is 17.7. The Labute approximate surface area is 64.7 Å². The second-order valence-electron chi connectivity index (χ2n) is 2.36. The molecule has 11 heavy (non-hydrogen) atoms. The number of hydrogen-bond acceptors (Lipinski definition) is 3. The predicted octanol–water partition coefficient (Wildman–Crippen LogP) is 1.15. The first kappa shape index (κ1) is 7.42. The van der Waals surface area contributed by atoms with Crippen molar-refractivity contribution in [2.45, 2.75) is 6.92 Å². The average Bonchev–Trinajstić information content (AvgIpc) is 1.96. The summed E-state index contributed by atoms with van der Waals surface area (Å²) in [5.74, 6) is -0.127. The molecule has 1 rings (SSSR count). The molecule has 0 heterocycles. The van der Waals surface area contributed by atoms with Gasteiger partial charge < -0.3 is 10.8 Å². The van der Waals surface area contributed by atoms with Gasteiger partial charge in [0.05, 0.1) is 11.3 Å². The van der Waals surface area contributed by atoms with E-state index in [1.807, 2.05) is 13.0 Å². The van der Waals surface area contributed by atoms with Gasteiger partial charge in [0.25, 0.3) is 0 Å². The van der Waals surface area contributed by atoms with Crippen LogP contribution in [0.2, 0.25) is 0 Å². The van der Waals surface area contributed by atoms with Crippen LogP contribution in [0.15, 0.2) is 12.1 Å². The number of phenolic OH excluding ortho intramolecular Hbond substituents is 1. The quantitative estimate of drug-likeness (QED) is 0.428. The highest BCUT2D eigenvalue weighted by molar-refractivity contribution is 5.61. The summed E-state index contributed by atoms with van der Waals surface area (Å²) in [5.41, 5.74) is 6.74. The lowest BCUT2D eigenvalue weighted by Gasteiger charge is -2.01. The van der Waals surface area contributed by atoms with Crippen LogP contribution in [0.5, 0.6) is 5.75 Å². The molecule has 0 bridgehead atoms. The molecule has 0 spiro atoms. The van der Waals surface area contributed by atoms with Crippen LogP contribution < -0.4 is 5.73 Å². The molecule has 3 N–H and O–H groups in total. The minimum absolute atomic E-state index is 0.127. The Bertz CT molecular complexity index is 326. The zero-order valence-electron chi connectivity index (χ0n) is 6.13. The maximum absolute atomic E-state index is 9.17. The topological polar surface area (TPSA) is 70.0 Å². The number of aromatic hydroxyl groups is 1. The fourth-order valence-electron chi connectivity index (χ4n) is 0.892. The third-order valence-corrected chi connectivity index (χ3v) is 1.40. The predicted molar refractivity (Wildman–Crippen MR) is 42.0 cm³/mol. The minimum atomic E-state index is -0.127. The number of nitriles is 1. The van der Waals surface area contributed by atoms with Crippen molar-refractivity contribution in [1.29, 1.82) is 5.26 Å². The van der Waals surface area contributed by atoms with E-state index in [0.29, 0.717) is 0 Å². The fraction of sp³-hybridized carbons (Fsp3) is 0.125. The van der Waals surface area contributed by atoms with Crippen molar-refractivity contribution < 1.29 is 5.11 Å². The van der Waals surface area contributed by atoms with Gasteiger partial charge in [-0.25, -0.2) is 0 Å². The molecule has 0 aliphatic rings. The molecule has 3 nitrogen and oxygen atoms in total.